The Kier molecular flexibility index (Phi) is 5.30. The van der Waals surface area contributed by atoms with E-state index in [-0.39, 0.29) is 0 Å². The lowest BCUT2D eigenvalue weighted by atomic mass is 10.1. The van der Waals surface area contributed by atoms with Crippen molar-refractivity contribution in [3.63, 3.8) is 0 Å². The molecule has 2 aromatic rings. The van der Waals surface area contributed by atoms with E-state index in [1.54, 1.807) is 6.26 Å². The van der Waals surface area contributed by atoms with Crippen molar-refractivity contribution >= 4 is 0 Å². The molecule has 0 aliphatic heterocycles. The Morgan fingerprint density at radius 2 is 1.90 bits per heavy atom. The van der Waals surface area contributed by atoms with Crippen molar-refractivity contribution in [2.24, 2.45) is 0 Å². The summed E-state index contributed by atoms with van der Waals surface area (Å²) in [6, 6.07) is 3.75. The fraction of sp³-hybridized carbons (Fsp3) is 0.500. The summed E-state index contributed by atoms with van der Waals surface area (Å²) in [6.45, 7) is 8.42. The number of furan rings is 1. The van der Waals surface area contributed by atoms with E-state index in [9.17, 15) is 0 Å². The van der Waals surface area contributed by atoms with Crippen LogP contribution in [0, 0.1) is 13.8 Å². The van der Waals surface area contributed by atoms with Gasteiger partial charge in [-0.05, 0) is 63.9 Å². The Labute approximate surface area is 120 Å². The Balaban J connectivity index is 2.03. The van der Waals surface area contributed by atoms with Crippen molar-refractivity contribution in [2.45, 2.75) is 40.0 Å². The molecule has 4 heteroatoms. The molecule has 2 aromatic heterocycles. The SMILES string of the molecule is CCCNCCCc1c(C)nc(-c2ccco2)nc1C. The maximum atomic E-state index is 5.36. The van der Waals surface area contributed by atoms with Gasteiger partial charge in [-0.25, -0.2) is 9.97 Å². The molecule has 2 heterocycles. The monoisotopic (exact) mass is 273 g/mol. The van der Waals surface area contributed by atoms with Crippen LogP contribution < -0.4 is 5.32 Å². The summed E-state index contributed by atoms with van der Waals surface area (Å²) in [6.07, 6.45) is 4.97. The summed E-state index contributed by atoms with van der Waals surface area (Å²) < 4.78 is 5.36. The Morgan fingerprint density at radius 1 is 1.15 bits per heavy atom. The molecule has 1 N–H and O–H groups in total. The maximum absolute atomic E-state index is 5.36. The normalized spacial score (nSPS) is 10.9. The minimum Gasteiger partial charge on any atom is -0.461 e. The van der Waals surface area contributed by atoms with Crippen molar-refractivity contribution in [2.75, 3.05) is 13.1 Å². The molecule has 0 fully saturated rings. The van der Waals surface area contributed by atoms with Crippen molar-refractivity contribution in [1.29, 1.82) is 0 Å². The first kappa shape index (κ1) is 14.7. The number of rotatable bonds is 7. The Morgan fingerprint density at radius 3 is 2.50 bits per heavy atom. The third-order valence-electron chi connectivity index (χ3n) is 3.37. The molecule has 0 amide bonds. The molecule has 0 saturated heterocycles. The molecule has 0 atom stereocenters. The van der Waals surface area contributed by atoms with E-state index in [1.165, 1.54) is 12.0 Å². The van der Waals surface area contributed by atoms with E-state index in [1.807, 2.05) is 12.1 Å². The van der Waals surface area contributed by atoms with E-state index < -0.39 is 0 Å². The van der Waals surface area contributed by atoms with Gasteiger partial charge in [0.1, 0.15) is 0 Å². The maximum Gasteiger partial charge on any atom is 0.196 e. The number of nitrogens with one attached hydrogen (secondary N) is 1. The second-order valence-electron chi connectivity index (χ2n) is 5.03. The van der Waals surface area contributed by atoms with Crippen LogP contribution in [0.2, 0.25) is 0 Å². The molecule has 0 aliphatic carbocycles. The van der Waals surface area contributed by atoms with Crippen molar-refractivity contribution in [3.05, 3.63) is 35.3 Å². The predicted octanol–water partition coefficient (Wildman–Crippen LogP) is 3.29. The lowest BCUT2D eigenvalue weighted by molar-refractivity contribution is 0.576. The molecule has 2 rings (SSSR count). The van der Waals surface area contributed by atoms with Crippen LogP contribution in [0.25, 0.3) is 11.6 Å². The van der Waals surface area contributed by atoms with E-state index in [4.69, 9.17) is 4.42 Å². The molecule has 20 heavy (non-hydrogen) atoms. The number of hydrogen-bond acceptors (Lipinski definition) is 4. The summed E-state index contributed by atoms with van der Waals surface area (Å²) in [7, 11) is 0. The number of aromatic nitrogens is 2. The molecule has 0 saturated carbocycles. The largest absolute Gasteiger partial charge is 0.461 e. The number of aryl methyl sites for hydroxylation is 2. The van der Waals surface area contributed by atoms with Crippen molar-refractivity contribution in [3.8, 4) is 11.6 Å². The summed E-state index contributed by atoms with van der Waals surface area (Å²) in [5.41, 5.74) is 3.37. The molecule has 0 bridgehead atoms. The molecule has 0 aliphatic rings. The van der Waals surface area contributed by atoms with Gasteiger partial charge >= 0.3 is 0 Å². The van der Waals surface area contributed by atoms with Gasteiger partial charge in [-0.2, -0.15) is 0 Å². The molecule has 0 radical (unpaired) electrons. The minimum absolute atomic E-state index is 0.679. The standard InChI is InChI=1S/C16H23N3O/c1-4-9-17-10-5-7-14-12(2)18-16(19-13(14)3)15-8-6-11-20-15/h6,8,11,17H,4-5,7,9-10H2,1-3H3. The molecule has 0 unspecified atom stereocenters. The number of nitrogens with zero attached hydrogens (tertiary/aromatic N) is 2. The topological polar surface area (TPSA) is 51.0 Å². The predicted molar refractivity (Wildman–Crippen MR) is 80.7 cm³/mol. The van der Waals surface area contributed by atoms with Gasteiger partial charge in [-0.1, -0.05) is 6.92 Å². The average Bonchev–Trinajstić information content (AvgIpc) is 2.95. The minimum atomic E-state index is 0.679. The van der Waals surface area contributed by atoms with Gasteiger partial charge in [-0.15, -0.1) is 0 Å². The Bertz CT molecular complexity index is 512. The highest BCUT2D eigenvalue weighted by atomic mass is 16.3. The highest BCUT2D eigenvalue weighted by Crippen LogP contribution is 2.19. The first-order valence-corrected chi connectivity index (χ1v) is 7.31. The summed E-state index contributed by atoms with van der Waals surface area (Å²) in [5.74, 6) is 1.41. The second-order valence-corrected chi connectivity index (χ2v) is 5.03. The molecule has 0 spiro atoms. The summed E-state index contributed by atoms with van der Waals surface area (Å²) >= 11 is 0. The van der Waals surface area contributed by atoms with Crippen LogP contribution in [-0.2, 0) is 6.42 Å². The fourth-order valence-corrected chi connectivity index (χ4v) is 2.31. The third-order valence-corrected chi connectivity index (χ3v) is 3.37. The molecule has 108 valence electrons. The van der Waals surface area contributed by atoms with Crippen molar-refractivity contribution < 1.29 is 4.42 Å². The summed E-state index contributed by atoms with van der Waals surface area (Å²) in [4.78, 5) is 9.13. The first-order chi connectivity index (χ1) is 9.72. The van der Waals surface area contributed by atoms with Gasteiger partial charge < -0.3 is 9.73 Å². The first-order valence-electron chi connectivity index (χ1n) is 7.31. The van der Waals surface area contributed by atoms with Crippen LogP contribution in [0.5, 0.6) is 0 Å². The fourth-order valence-electron chi connectivity index (χ4n) is 2.31. The molecule has 0 aromatic carbocycles. The zero-order valence-electron chi connectivity index (χ0n) is 12.6. The quantitative estimate of drug-likeness (QED) is 0.786. The van der Waals surface area contributed by atoms with E-state index >= 15 is 0 Å². The van der Waals surface area contributed by atoms with Crippen LogP contribution in [0.15, 0.2) is 22.8 Å². The Hall–Kier alpha value is -1.68. The van der Waals surface area contributed by atoms with E-state index in [2.05, 4.69) is 36.1 Å². The molecular formula is C16H23N3O. The van der Waals surface area contributed by atoms with Gasteiger partial charge in [0, 0.05) is 11.4 Å². The lowest BCUT2D eigenvalue weighted by Crippen LogP contribution is -2.17. The highest BCUT2D eigenvalue weighted by Gasteiger charge is 2.11. The summed E-state index contributed by atoms with van der Waals surface area (Å²) in [5, 5.41) is 3.42. The second kappa shape index (κ2) is 7.20. The van der Waals surface area contributed by atoms with E-state index in [0.29, 0.717) is 5.82 Å². The van der Waals surface area contributed by atoms with Crippen LogP contribution >= 0.6 is 0 Å². The zero-order chi connectivity index (χ0) is 14.4. The van der Waals surface area contributed by atoms with Gasteiger partial charge in [-0.3, -0.25) is 0 Å². The van der Waals surface area contributed by atoms with Crippen LogP contribution in [0.1, 0.15) is 36.7 Å². The van der Waals surface area contributed by atoms with Crippen LogP contribution in [0.3, 0.4) is 0 Å². The van der Waals surface area contributed by atoms with Crippen LogP contribution in [-0.4, -0.2) is 23.1 Å². The highest BCUT2D eigenvalue weighted by molar-refractivity contribution is 5.47. The zero-order valence-corrected chi connectivity index (χ0v) is 12.6. The van der Waals surface area contributed by atoms with Gasteiger partial charge in [0.15, 0.2) is 11.6 Å². The van der Waals surface area contributed by atoms with Gasteiger partial charge in [0.05, 0.1) is 6.26 Å². The van der Waals surface area contributed by atoms with Gasteiger partial charge in [0.25, 0.3) is 0 Å². The third kappa shape index (κ3) is 3.67. The lowest BCUT2D eigenvalue weighted by Gasteiger charge is -2.10. The molecular weight excluding hydrogens is 250 g/mol. The smallest absolute Gasteiger partial charge is 0.196 e. The number of hydrogen-bond donors (Lipinski definition) is 1. The van der Waals surface area contributed by atoms with Crippen molar-refractivity contribution in [1.82, 2.24) is 15.3 Å². The average molecular weight is 273 g/mol. The van der Waals surface area contributed by atoms with E-state index in [0.717, 1.165) is 43.1 Å². The molecule has 4 nitrogen and oxygen atoms in total. The van der Waals surface area contributed by atoms with Gasteiger partial charge in [0.2, 0.25) is 0 Å². The van der Waals surface area contributed by atoms with Crippen LogP contribution in [0.4, 0.5) is 0 Å².